The fraction of sp³-hybridized carbons (Fsp3) is 0.480. The molecule has 2 fully saturated rings. The number of aromatic amines is 1. The highest BCUT2D eigenvalue weighted by atomic mass is 19.1. The second-order valence-corrected chi connectivity index (χ2v) is 9.87. The molecule has 5 rings (SSSR count). The lowest BCUT2D eigenvalue weighted by Gasteiger charge is -2.42. The molecule has 9 heteroatoms. The molecule has 34 heavy (non-hydrogen) atoms. The molecular weight excluding hydrogens is 437 g/mol. The maximum Gasteiger partial charge on any atom is 0.245 e. The highest BCUT2D eigenvalue weighted by Crippen LogP contribution is 2.43. The number of morpholine rings is 1. The first-order chi connectivity index (χ1) is 16.2. The average Bonchev–Trinajstić information content (AvgIpc) is 3.28. The highest BCUT2D eigenvalue weighted by molar-refractivity contribution is 5.94. The van der Waals surface area contributed by atoms with Crippen LogP contribution in [0.25, 0.3) is 22.3 Å². The number of nitrogens with one attached hydrogen (secondary N) is 1. The molecule has 8 nitrogen and oxygen atoms in total. The molecule has 1 aliphatic heterocycles. The number of amides is 1. The summed E-state index contributed by atoms with van der Waals surface area (Å²) in [6.45, 7) is 4.18. The number of ether oxygens (including phenoxy) is 1. The first-order valence-electron chi connectivity index (χ1n) is 11.7. The molecular formula is C25H30FN5O3. The summed E-state index contributed by atoms with van der Waals surface area (Å²) in [5, 5.41) is 12.0. The number of aliphatic hydroxyl groups is 1. The van der Waals surface area contributed by atoms with Gasteiger partial charge in [-0.1, -0.05) is 12.8 Å². The first kappa shape index (κ1) is 22.7. The van der Waals surface area contributed by atoms with Crippen molar-refractivity contribution in [3.05, 3.63) is 42.0 Å². The normalized spacial score (nSPS) is 27.8. The van der Waals surface area contributed by atoms with E-state index < -0.39 is 22.9 Å². The zero-order valence-electron chi connectivity index (χ0n) is 19.5. The third-order valence-electron chi connectivity index (χ3n) is 7.46. The van der Waals surface area contributed by atoms with Crippen molar-refractivity contribution < 1.29 is 19.0 Å². The van der Waals surface area contributed by atoms with Crippen LogP contribution in [0, 0.1) is 5.82 Å². The molecule has 3 heterocycles. The van der Waals surface area contributed by atoms with E-state index in [1.165, 1.54) is 0 Å². The highest BCUT2D eigenvalue weighted by Gasteiger charge is 2.43. The summed E-state index contributed by atoms with van der Waals surface area (Å²) in [5.41, 5.74) is 6.27. The van der Waals surface area contributed by atoms with Crippen LogP contribution in [0.1, 0.15) is 51.0 Å². The van der Waals surface area contributed by atoms with E-state index in [1.807, 2.05) is 25.3 Å². The molecule has 180 valence electrons. The van der Waals surface area contributed by atoms with Crippen molar-refractivity contribution in [2.75, 3.05) is 24.7 Å². The third kappa shape index (κ3) is 3.73. The minimum Gasteiger partial charge on any atom is -0.390 e. The molecule has 1 saturated heterocycles. The lowest BCUT2D eigenvalue weighted by molar-refractivity contribution is -0.126. The second-order valence-electron chi connectivity index (χ2n) is 9.87. The number of carbonyl (C=O) groups is 1. The molecule has 1 amide bonds. The smallest absolute Gasteiger partial charge is 0.245 e. The number of nitrogens with zero attached hydrogens (tertiary/aromatic N) is 3. The van der Waals surface area contributed by atoms with Crippen LogP contribution in [0.4, 0.5) is 10.2 Å². The molecule has 1 unspecified atom stereocenters. The Morgan fingerprint density at radius 2 is 2.18 bits per heavy atom. The maximum atomic E-state index is 15.0. The van der Waals surface area contributed by atoms with Gasteiger partial charge in [-0.05, 0) is 50.5 Å². The molecule has 1 aromatic carbocycles. The van der Waals surface area contributed by atoms with Crippen molar-refractivity contribution in [3.63, 3.8) is 0 Å². The largest absolute Gasteiger partial charge is 0.390 e. The number of fused-ring (bicyclic) bond motifs is 1. The molecule has 2 aliphatic rings. The van der Waals surface area contributed by atoms with E-state index in [0.717, 1.165) is 53.9 Å². The number of H-pyrrole nitrogens is 1. The lowest BCUT2D eigenvalue weighted by atomic mass is 9.72. The van der Waals surface area contributed by atoms with Gasteiger partial charge in [-0.25, -0.2) is 14.4 Å². The zero-order valence-corrected chi connectivity index (χ0v) is 19.5. The van der Waals surface area contributed by atoms with E-state index in [9.17, 15) is 9.90 Å². The first-order valence-corrected chi connectivity index (χ1v) is 11.7. The van der Waals surface area contributed by atoms with E-state index in [1.54, 1.807) is 11.8 Å². The summed E-state index contributed by atoms with van der Waals surface area (Å²) in [6, 6.07) is 6.01. The van der Waals surface area contributed by atoms with E-state index in [4.69, 9.17) is 10.5 Å². The predicted molar refractivity (Wildman–Crippen MR) is 127 cm³/mol. The number of halogens is 1. The third-order valence-corrected chi connectivity index (χ3v) is 7.46. The van der Waals surface area contributed by atoms with Gasteiger partial charge in [0.05, 0.1) is 25.0 Å². The standard InChI is InChI=1S/C25H30FN5O3/c1-24(23(27)32)14-34-10-9-31(24)22-19(26)13-29-21(30-22)17-11-15(12-20-16(17)6-8-28-20)18-5-3-4-7-25(18,2)33/h6,8,11-13,18,28,33H,3-5,7,9-10,14H2,1-2H3,(H2,27,32)/t18?,24-,25+/m0/s1. The van der Waals surface area contributed by atoms with Crippen LogP contribution < -0.4 is 10.6 Å². The molecule has 4 N–H and O–H groups in total. The van der Waals surface area contributed by atoms with Crippen molar-refractivity contribution in [2.45, 2.75) is 56.6 Å². The Hall–Kier alpha value is -3.04. The van der Waals surface area contributed by atoms with E-state index in [-0.39, 0.29) is 24.9 Å². The number of hydrogen-bond acceptors (Lipinski definition) is 6. The Kier molecular flexibility index (Phi) is 5.56. The molecule has 0 bridgehead atoms. The summed E-state index contributed by atoms with van der Waals surface area (Å²) in [6.07, 6.45) is 6.67. The van der Waals surface area contributed by atoms with Gasteiger partial charge in [-0.15, -0.1) is 0 Å². The molecule has 3 aromatic rings. The van der Waals surface area contributed by atoms with Crippen LogP contribution >= 0.6 is 0 Å². The zero-order chi connectivity index (χ0) is 24.1. The molecule has 0 radical (unpaired) electrons. The lowest BCUT2D eigenvalue weighted by Crippen LogP contribution is -2.63. The summed E-state index contributed by atoms with van der Waals surface area (Å²) < 4.78 is 20.5. The number of rotatable bonds is 4. The molecule has 1 saturated carbocycles. The number of benzene rings is 1. The average molecular weight is 468 g/mol. The van der Waals surface area contributed by atoms with Gasteiger partial charge in [0.15, 0.2) is 17.5 Å². The van der Waals surface area contributed by atoms with Gasteiger partial charge in [0, 0.05) is 35.1 Å². The van der Waals surface area contributed by atoms with Crippen molar-refractivity contribution in [3.8, 4) is 11.4 Å². The fourth-order valence-corrected chi connectivity index (χ4v) is 5.39. The SMILES string of the molecule is C[C@@]1(C(N)=O)COCCN1c1nc(-c2cc(C3CCCC[C@@]3(C)O)cc3[nH]ccc23)ncc1F. The van der Waals surface area contributed by atoms with Gasteiger partial charge in [0.2, 0.25) is 5.91 Å². The van der Waals surface area contributed by atoms with Gasteiger partial charge in [-0.3, -0.25) is 4.79 Å². The van der Waals surface area contributed by atoms with Crippen LogP contribution in [0.15, 0.2) is 30.6 Å². The van der Waals surface area contributed by atoms with Crippen LogP contribution in [0.3, 0.4) is 0 Å². The van der Waals surface area contributed by atoms with Crippen molar-refractivity contribution in [2.24, 2.45) is 5.73 Å². The Morgan fingerprint density at radius 3 is 2.94 bits per heavy atom. The number of anilines is 1. The summed E-state index contributed by atoms with van der Waals surface area (Å²) in [7, 11) is 0. The molecule has 3 atom stereocenters. The van der Waals surface area contributed by atoms with Crippen molar-refractivity contribution in [1.29, 1.82) is 0 Å². The van der Waals surface area contributed by atoms with Crippen LogP contribution in [0.5, 0.6) is 0 Å². The predicted octanol–water partition coefficient (Wildman–Crippen LogP) is 3.25. The monoisotopic (exact) mass is 467 g/mol. The Bertz CT molecular complexity index is 1240. The fourth-order valence-electron chi connectivity index (χ4n) is 5.39. The van der Waals surface area contributed by atoms with E-state index >= 15 is 4.39 Å². The topological polar surface area (TPSA) is 117 Å². The maximum absolute atomic E-state index is 15.0. The van der Waals surface area contributed by atoms with Gasteiger partial charge < -0.3 is 25.5 Å². The van der Waals surface area contributed by atoms with Gasteiger partial charge in [0.1, 0.15) is 5.54 Å². The number of aromatic nitrogens is 3. The van der Waals surface area contributed by atoms with Gasteiger partial charge in [-0.2, -0.15) is 0 Å². The number of hydrogen-bond donors (Lipinski definition) is 3. The summed E-state index contributed by atoms with van der Waals surface area (Å²) in [4.78, 5) is 26.0. The second kappa shape index (κ2) is 8.32. The molecule has 1 aliphatic carbocycles. The Labute approximate surface area is 197 Å². The quantitative estimate of drug-likeness (QED) is 0.542. The van der Waals surface area contributed by atoms with E-state index in [0.29, 0.717) is 12.4 Å². The van der Waals surface area contributed by atoms with E-state index in [2.05, 4.69) is 21.0 Å². The number of carbonyl (C=O) groups excluding carboxylic acids is 1. The Balaban J connectivity index is 1.64. The number of nitrogens with two attached hydrogens (primary N) is 1. The minimum atomic E-state index is -1.23. The van der Waals surface area contributed by atoms with Gasteiger partial charge in [0.25, 0.3) is 0 Å². The van der Waals surface area contributed by atoms with Crippen LogP contribution in [-0.2, 0) is 9.53 Å². The van der Waals surface area contributed by atoms with Crippen LogP contribution in [-0.4, -0.2) is 56.9 Å². The van der Waals surface area contributed by atoms with Crippen molar-refractivity contribution >= 4 is 22.6 Å². The summed E-state index contributed by atoms with van der Waals surface area (Å²) >= 11 is 0. The minimum absolute atomic E-state index is 0.0216. The molecule has 2 aromatic heterocycles. The number of primary amides is 1. The van der Waals surface area contributed by atoms with Crippen LogP contribution in [0.2, 0.25) is 0 Å². The van der Waals surface area contributed by atoms with Crippen molar-refractivity contribution in [1.82, 2.24) is 15.0 Å². The molecule has 0 spiro atoms. The van der Waals surface area contributed by atoms with Gasteiger partial charge >= 0.3 is 0 Å². The summed E-state index contributed by atoms with van der Waals surface area (Å²) in [5.74, 6) is -0.897. The Morgan fingerprint density at radius 1 is 1.35 bits per heavy atom.